The molecule has 0 atom stereocenters. The largest absolute Gasteiger partial charge is 0.430 e. The number of fused-ring (bicyclic) bond motifs is 1. The summed E-state index contributed by atoms with van der Waals surface area (Å²) in [6, 6.07) is 2.73. The van der Waals surface area contributed by atoms with Crippen LogP contribution in [0.5, 0.6) is 11.6 Å². The zero-order valence-corrected chi connectivity index (χ0v) is 12.4. The van der Waals surface area contributed by atoms with Crippen molar-refractivity contribution in [1.29, 1.82) is 0 Å². The SMILES string of the molecule is O=[N+]([O-])c1c(Oc2ncc(C(F)(F)F)cc2Cl)ccc2c1no[n+]2[O-]. The Morgan fingerprint density at radius 3 is 2.68 bits per heavy atom. The van der Waals surface area contributed by atoms with Gasteiger partial charge in [-0.2, -0.15) is 13.2 Å². The van der Waals surface area contributed by atoms with E-state index >= 15 is 0 Å². The first kappa shape index (κ1) is 16.7. The van der Waals surface area contributed by atoms with Gasteiger partial charge in [-0.15, -0.1) is 0 Å². The molecule has 9 nitrogen and oxygen atoms in total. The third-order valence-corrected chi connectivity index (χ3v) is 3.29. The molecule has 0 amide bonds. The molecule has 3 aromatic rings. The van der Waals surface area contributed by atoms with Crippen LogP contribution in [0.3, 0.4) is 0 Å². The van der Waals surface area contributed by atoms with Gasteiger partial charge in [0.1, 0.15) is 5.02 Å². The lowest BCUT2D eigenvalue weighted by atomic mass is 10.2. The number of hydrogen-bond donors (Lipinski definition) is 0. The van der Waals surface area contributed by atoms with E-state index in [1.54, 1.807) is 0 Å². The molecule has 0 spiro atoms. The second-order valence-electron chi connectivity index (χ2n) is 4.58. The fourth-order valence-corrected chi connectivity index (χ4v) is 2.13. The molecule has 0 aliphatic heterocycles. The van der Waals surface area contributed by atoms with Crippen LogP contribution in [-0.4, -0.2) is 15.1 Å². The van der Waals surface area contributed by atoms with Crippen LogP contribution in [0.2, 0.25) is 5.02 Å². The summed E-state index contributed by atoms with van der Waals surface area (Å²) in [5.74, 6) is -0.920. The molecule has 0 unspecified atom stereocenters. The van der Waals surface area contributed by atoms with Gasteiger partial charge >= 0.3 is 17.4 Å². The summed E-state index contributed by atoms with van der Waals surface area (Å²) in [4.78, 5) is 13.7. The number of halogens is 4. The minimum Gasteiger partial charge on any atom is -0.430 e. The lowest BCUT2D eigenvalue weighted by Crippen LogP contribution is -2.22. The fourth-order valence-electron chi connectivity index (χ4n) is 1.93. The van der Waals surface area contributed by atoms with Crippen LogP contribution in [0.4, 0.5) is 18.9 Å². The Morgan fingerprint density at radius 2 is 2.08 bits per heavy atom. The Kier molecular flexibility index (Phi) is 3.83. The number of nitro groups is 1. The van der Waals surface area contributed by atoms with Gasteiger partial charge in [0.05, 0.1) is 15.6 Å². The average molecular weight is 377 g/mol. The Hall–Kier alpha value is -3.15. The van der Waals surface area contributed by atoms with Crippen LogP contribution >= 0.6 is 11.6 Å². The maximum absolute atomic E-state index is 12.6. The first-order valence-electron chi connectivity index (χ1n) is 6.26. The van der Waals surface area contributed by atoms with Gasteiger partial charge in [-0.3, -0.25) is 14.7 Å². The molecular weight excluding hydrogens is 373 g/mol. The molecular formula is C12H4ClF3N4O5. The van der Waals surface area contributed by atoms with Gasteiger partial charge in [0.15, 0.2) is 0 Å². The number of rotatable bonds is 3. The van der Waals surface area contributed by atoms with E-state index in [1.165, 1.54) is 0 Å². The molecule has 2 aromatic heterocycles. The molecule has 0 saturated heterocycles. The average Bonchev–Trinajstić information content (AvgIpc) is 2.89. The molecule has 2 heterocycles. The van der Waals surface area contributed by atoms with Gasteiger partial charge in [-0.25, -0.2) is 4.98 Å². The summed E-state index contributed by atoms with van der Waals surface area (Å²) in [5.41, 5.74) is -2.47. The number of nitro benzene ring substituents is 1. The van der Waals surface area contributed by atoms with E-state index in [0.29, 0.717) is 12.3 Å². The van der Waals surface area contributed by atoms with Crippen LogP contribution in [0.1, 0.15) is 5.56 Å². The molecule has 0 bridgehead atoms. The van der Waals surface area contributed by atoms with Crippen molar-refractivity contribution in [1.82, 2.24) is 10.1 Å². The zero-order chi connectivity index (χ0) is 18.4. The first-order valence-corrected chi connectivity index (χ1v) is 6.63. The van der Waals surface area contributed by atoms with E-state index in [1.807, 2.05) is 0 Å². The van der Waals surface area contributed by atoms with Crippen molar-refractivity contribution in [2.45, 2.75) is 6.18 Å². The molecule has 1 aromatic carbocycles. The van der Waals surface area contributed by atoms with Gasteiger partial charge in [0, 0.05) is 6.20 Å². The highest BCUT2D eigenvalue weighted by atomic mass is 35.5. The highest BCUT2D eigenvalue weighted by Crippen LogP contribution is 2.39. The summed E-state index contributed by atoms with van der Waals surface area (Å²) in [6.45, 7) is 0. The molecule has 130 valence electrons. The molecule has 0 aliphatic carbocycles. The Bertz CT molecular complexity index is 991. The lowest BCUT2D eigenvalue weighted by molar-refractivity contribution is -0.782. The smallest absolute Gasteiger partial charge is 0.417 e. The third kappa shape index (κ3) is 2.98. The Balaban J connectivity index is 2.06. The van der Waals surface area contributed by atoms with Crippen LogP contribution in [-0.2, 0) is 6.18 Å². The number of alkyl halides is 3. The molecule has 3 rings (SSSR count). The number of ether oxygens (including phenoxy) is 1. The third-order valence-electron chi connectivity index (χ3n) is 3.02. The predicted molar refractivity (Wildman–Crippen MR) is 73.9 cm³/mol. The van der Waals surface area contributed by atoms with Crippen molar-refractivity contribution in [3.05, 3.63) is 50.3 Å². The minimum atomic E-state index is -4.66. The summed E-state index contributed by atoms with van der Waals surface area (Å²) in [5, 5.41) is 25.3. The Labute approximate surface area is 139 Å². The van der Waals surface area contributed by atoms with Gasteiger partial charge in [0.25, 0.3) is 0 Å². The summed E-state index contributed by atoms with van der Waals surface area (Å²) in [7, 11) is 0. The van der Waals surface area contributed by atoms with Crippen molar-refractivity contribution in [2.24, 2.45) is 0 Å². The monoisotopic (exact) mass is 376 g/mol. The fraction of sp³-hybridized carbons (Fsp3) is 0.0833. The molecule has 0 saturated carbocycles. The van der Waals surface area contributed by atoms with Crippen molar-refractivity contribution in [3.63, 3.8) is 0 Å². The maximum Gasteiger partial charge on any atom is 0.417 e. The second-order valence-corrected chi connectivity index (χ2v) is 4.99. The molecule has 0 radical (unpaired) electrons. The minimum absolute atomic E-state index is 0.0462. The van der Waals surface area contributed by atoms with Crippen LogP contribution in [0, 0.1) is 15.3 Å². The normalized spacial score (nSPS) is 11.7. The summed E-state index contributed by atoms with van der Waals surface area (Å²) >= 11 is 5.69. The zero-order valence-electron chi connectivity index (χ0n) is 11.7. The number of hydrogen-bond acceptors (Lipinski definition) is 7. The van der Waals surface area contributed by atoms with Gasteiger partial charge in [-0.1, -0.05) is 11.6 Å². The lowest BCUT2D eigenvalue weighted by Gasteiger charge is -2.09. The molecule has 25 heavy (non-hydrogen) atoms. The standard InChI is InChI=1S/C12H4ClF3N4O5/c13-6-3-5(12(14,15)16)4-17-11(6)24-8-2-1-7-9(10(8)19(21)22)18-25-20(7)23/h1-4H. The van der Waals surface area contributed by atoms with Crippen molar-refractivity contribution in [3.8, 4) is 11.6 Å². The van der Waals surface area contributed by atoms with Gasteiger partial charge < -0.3 is 9.94 Å². The predicted octanol–water partition coefficient (Wildman–Crippen LogP) is 3.23. The van der Waals surface area contributed by atoms with Crippen molar-refractivity contribution in [2.75, 3.05) is 0 Å². The van der Waals surface area contributed by atoms with E-state index in [2.05, 4.69) is 14.8 Å². The van der Waals surface area contributed by atoms with Crippen LogP contribution in [0.15, 0.2) is 29.0 Å². The van der Waals surface area contributed by atoms with Gasteiger partial charge in [0.2, 0.25) is 17.1 Å². The molecule has 13 heteroatoms. The highest BCUT2D eigenvalue weighted by Gasteiger charge is 2.33. The first-order chi connectivity index (χ1) is 11.7. The van der Waals surface area contributed by atoms with Crippen LogP contribution < -0.4 is 9.64 Å². The quantitative estimate of drug-likeness (QED) is 0.391. The number of aromatic nitrogens is 3. The molecule has 0 fully saturated rings. The van der Waals surface area contributed by atoms with Crippen LogP contribution in [0.25, 0.3) is 11.0 Å². The molecule has 0 N–H and O–H groups in total. The Morgan fingerprint density at radius 1 is 1.36 bits per heavy atom. The van der Waals surface area contributed by atoms with E-state index in [-0.39, 0.29) is 10.4 Å². The van der Waals surface area contributed by atoms with E-state index in [4.69, 9.17) is 16.3 Å². The number of pyridine rings is 1. The summed E-state index contributed by atoms with van der Waals surface area (Å²) < 4.78 is 47.2. The van der Waals surface area contributed by atoms with E-state index < -0.39 is 44.5 Å². The van der Waals surface area contributed by atoms with E-state index in [0.717, 1.165) is 12.1 Å². The molecule has 0 aliphatic rings. The maximum atomic E-state index is 12.6. The number of benzene rings is 1. The van der Waals surface area contributed by atoms with E-state index in [9.17, 15) is 28.5 Å². The van der Waals surface area contributed by atoms with Crippen molar-refractivity contribution >= 4 is 28.3 Å². The number of nitrogens with zero attached hydrogens (tertiary/aromatic N) is 4. The van der Waals surface area contributed by atoms with Gasteiger partial charge in [-0.05, 0) is 23.1 Å². The topological polar surface area (TPSA) is 118 Å². The van der Waals surface area contributed by atoms with Crippen molar-refractivity contribution < 1.29 is 32.4 Å². The summed E-state index contributed by atoms with van der Waals surface area (Å²) in [6.07, 6.45) is -4.20. The highest BCUT2D eigenvalue weighted by molar-refractivity contribution is 6.31. The second kappa shape index (κ2) is 5.73.